The summed E-state index contributed by atoms with van der Waals surface area (Å²) in [5, 5.41) is 1.03. The van der Waals surface area contributed by atoms with Crippen LogP contribution in [0.2, 0.25) is 0 Å². The Hall–Kier alpha value is -3.63. The van der Waals surface area contributed by atoms with E-state index in [1.807, 2.05) is 38.2 Å². The van der Waals surface area contributed by atoms with Gasteiger partial charge in [0.15, 0.2) is 11.0 Å². The summed E-state index contributed by atoms with van der Waals surface area (Å²) in [5.74, 6) is -1.44. The molecule has 1 unspecified atom stereocenters. The zero-order chi connectivity index (χ0) is 27.2. The van der Waals surface area contributed by atoms with Crippen molar-refractivity contribution in [2.75, 3.05) is 50.0 Å². The molecule has 38 heavy (non-hydrogen) atoms. The maximum atomic E-state index is 14.2. The summed E-state index contributed by atoms with van der Waals surface area (Å²) in [7, 11) is 1.57. The molecule has 10 heteroatoms. The van der Waals surface area contributed by atoms with Gasteiger partial charge in [-0.15, -0.1) is 0 Å². The third-order valence-corrected chi connectivity index (χ3v) is 7.37. The van der Waals surface area contributed by atoms with Crippen molar-refractivity contribution in [3.63, 3.8) is 0 Å². The van der Waals surface area contributed by atoms with E-state index in [-0.39, 0.29) is 10.8 Å². The number of nitrogens with one attached hydrogen (secondary N) is 1. The fraction of sp³-hybridized carbons (Fsp3) is 0.286. The SMILES string of the molecule is CC.COc1ncc(-c2ccc3nccc(N4CCN(C)CC4)c3c2)cc1NS(=O)c1ccc(F)cc1F. The lowest BCUT2D eigenvalue weighted by Gasteiger charge is -2.34. The van der Waals surface area contributed by atoms with Gasteiger partial charge in [-0.05, 0) is 49.0 Å². The van der Waals surface area contributed by atoms with Crippen molar-refractivity contribution in [3.05, 3.63) is 72.6 Å². The molecule has 0 amide bonds. The average Bonchev–Trinajstić information content (AvgIpc) is 2.94. The molecule has 1 aliphatic rings. The van der Waals surface area contributed by atoms with E-state index in [0.29, 0.717) is 11.8 Å². The van der Waals surface area contributed by atoms with Gasteiger partial charge in [0.05, 0.1) is 17.5 Å². The van der Waals surface area contributed by atoms with Crippen molar-refractivity contribution in [3.8, 4) is 17.0 Å². The zero-order valence-electron chi connectivity index (χ0n) is 21.9. The van der Waals surface area contributed by atoms with E-state index >= 15 is 0 Å². The quantitative estimate of drug-likeness (QED) is 0.349. The number of hydrogen-bond donors (Lipinski definition) is 1. The van der Waals surface area contributed by atoms with Crippen LogP contribution in [-0.4, -0.2) is 59.4 Å². The second kappa shape index (κ2) is 12.3. The number of anilines is 2. The summed E-state index contributed by atoms with van der Waals surface area (Å²) >= 11 is 0. The van der Waals surface area contributed by atoms with Crippen LogP contribution in [0.1, 0.15) is 13.8 Å². The van der Waals surface area contributed by atoms with Crippen molar-refractivity contribution < 1.29 is 17.7 Å². The van der Waals surface area contributed by atoms with Crippen LogP contribution in [0.3, 0.4) is 0 Å². The number of likely N-dealkylation sites (N-methyl/N-ethyl adjacent to an activating group) is 1. The molecule has 1 N–H and O–H groups in total. The summed E-state index contributed by atoms with van der Waals surface area (Å²) in [6, 6.07) is 12.7. The molecule has 0 aliphatic carbocycles. The molecule has 7 nitrogen and oxygen atoms in total. The van der Waals surface area contributed by atoms with Crippen LogP contribution in [0.15, 0.2) is 65.8 Å². The first-order valence-electron chi connectivity index (χ1n) is 12.4. The Bertz CT molecular complexity index is 1440. The van der Waals surface area contributed by atoms with Crippen LogP contribution in [0.5, 0.6) is 5.88 Å². The van der Waals surface area contributed by atoms with E-state index < -0.39 is 22.6 Å². The van der Waals surface area contributed by atoms with Gasteiger partial charge in [-0.2, -0.15) is 0 Å². The van der Waals surface area contributed by atoms with Gasteiger partial charge in [0.1, 0.15) is 17.3 Å². The number of pyridine rings is 2. The van der Waals surface area contributed by atoms with Crippen LogP contribution in [0.4, 0.5) is 20.2 Å². The highest BCUT2D eigenvalue weighted by atomic mass is 32.2. The van der Waals surface area contributed by atoms with Gasteiger partial charge < -0.3 is 14.5 Å². The minimum absolute atomic E-state index is 0.169. The Morgan fingerprint density at radius 3 is 2.42 bits per heavy atom. The number of halogens is 2. The number of fused-ring (bicyclic) bond motifs is 1. The van der Waals surface area contributed by atoms with Crippen LogP contribution < -0.4 is 14.4 Å². The lowest BCUT2D eigenvalue weighted by atomic mass is 10.0. The second-order valence-electron chi connectivity index (χ2n) is 8.58. The van der Waals surface area contributed by atoms with Gasteiger partial charge in [-0.1, -0.05) is 19.9 Å². The summed E-state index contributed by atoms with van der Waals surface area (Å²) in [6.07, 6.45) is 3.50. The fourth-order valence-corrected chi connectivity index (χ4v) is 5.14. The maximum Gasteiger partial charge on any atom is 0.238 e. The first-order valence-corrected chi connectivity index (χ1v) is 13.6. The normalized spacial score (nSPS) is 14.5. The minimum atomic E-state index is -2.00. The zero-order valence-corrected chi connectivity index (χ0v) is 22.7. The molecule has 3 heterocycles. The molecular formula is C28H31F2N5O2S. The lowest BCUT2D eigenvalue weighted by Crippen LogP contribution is -2.44. The predicted octanol–water partition coefficient (Wildman–Crippen LogP) is 5.50. The van der Waals surface area contributed by atoms with Gasteiger partial charge in [-0.3, -0.25) is 9.71 Å². The summed E-state index contributed by atoms with van der Waals surface area (Å²) in [5.41, 5.74) is 3.99. The molecule has 4 aromatic rings. The van der Waals surface area contributed by atoms with Gasteiger partial charge >= 0.3 is 0 Å². The average molecular weight is 540 g/mol. The number of ether oxygens (including phenoxy) is 1. The first-order chi connectivity index (χ1) is 18.4. The largest absolute Gasteiger partial charge is 0.480 e. The lowest BCUT2D eigenvalue weighted by molar-refractivity contribution is 0.313. The third kappa shape index (κ3) is 5.92. The Labute approximate surface area is 224 Å². The molecule has 5 rings (SSSR count). The smallest absolute Gasteiger partial charge is 0.238 e. The Kier molecular flexibility index (Phi) is 8.85. The molecule has 0 bridgehead atoms. The number of hydrogen-bond acceptors (Lipinski definition) is 6. The predicted molar refractivity (Wildman–Crippen MR) is 149 cm³/mol. The van der Waals surface area contributed by atoms with E-state index in [1.54, 1.807) is 12.3 Å². The maximum absolute atomic E-state index is 14.2. The molecular weight excluding hydrogens is 508 g/mol. The van der Waals surface area contributed by atoms with Crippen molar-refractivity contribution in [1.82, 2.24) is 14.9 Å². The molecule has 1 aliphatic heterocycles. The highest BCUT2D eigenvalue weighted by molar-refractivity contribution is 7.86. The second-order valence-corrected chi connectivity index (χ2v) is 9.76. The third-order valence-electron chi connectivity index (χ3n) is 6.24. The summed E-state index contributed by atoms with van der Waals surface area (Å²) in [6.45, 7) is 7.85. The van der Waals surface area contributed by atoms with E-state index in [9.17, 15) is 13.0 Å². The van der Waals surface area contributed by atoms with E-state index in [0.717, 1.165) is 66.0 Å². The van der Waals surface area contributed by atoms with Crippen LogP contribution in [0, 0.1) is 11.6 Å². The number of aromatic nitrogens is 2. The van der Waals surface area contributed by atoms with Gasteiger partial charge in [0.25, 0.3) is 0 Å². The Morgan fingerprint density at radius 2 is 1.71 bits per heavy atom. The van der Waals surface area contributed by atoms with Gasteiger partial charge in [-0.25, -0.2) is 18.0 Å². The molecule has 0 spiro atoms. The summed E-state index contributed by atoms with van der Waals surface area (Å²) < 4.78 is 48.3. The standard InChI is InChI=1S/C26H25F2N5O2S.C2H6/c1-32-9-11-33(12-10-32)24-7-8-29-22-5-3-17(13-20(22)24)18-14-23(26(35-2)30-16-18)31-36(34)25-6-4-19(27)15-21(25)28;1-2/h3-8,13-16,31H,9-12H2,1-2H3;1-2H3. The minimum Gasteiger partial charge on any atom is -0.480 e. The Morgan fingerprint density at radius 1 is 0.947 bits per heavy atom. The molecule has 1 atom stereocenters. The van der Waals surface area contributed by atoms with Crippen molar-refractivity contribution in [1.29, 1.82) is 0 Å². The van der Waals surface area contributed by atoms with Crippen molar-refractivity contribution >= 4 is 33.3 Å². The topological polar surface area (TPSA) is 70.6 Å². The van der Waals surface area contributed by atoms with Gasteiger partial charge in [0, 0.05) is 61.3 Å². The number of nitrogens with zero attached hydrogens (tertiary/aromatic N) is 4. The highest BCUT2D eigenvalue weighted by Crippen LogP contribution is 2.33. The molecule has 1 saturated heterocycles. The molecule has 0 saturated carbocycles. The van der Waals surface area contributed by atoms with Crippen LogP contribution >= 0.6 is 0 Å². The van der Waals surface area contributed by atoms with Crippen molar-refractivity contribution in [2.45, 2.75) is 18.7 Å². The highest BCUT2D eigenvalue weighted by Gasteiger charge is 2.18. The van der Waals surface area contributed by atoms with Crippen LogP contribution in [-0.2, 0) is 11.0 Å². The number of benzene rings is 2. The number of piperazine rings is 1. The molecule has 2 aromatic heterocycles. The molecule has 200 valence electrons. The molecule has 0 radical (unpaired) electrons. The van der Waals surface area contributed by atoms with E-state index in [1.165, 1.54) is 7.11 Å². The molecule has 1 fully saturated rings. The number of rotatable bonds is 6. The monoisotopic (exact) mass is 539 g/mol. The number of methoxy groups -OCH3 is 1. The van der Waals surface area contributed by atoms with E-state index in [2.05, 4.69) is 37.6 Å². The first kappa shape index (κ1) is 27.4. The van der Waals surface area contributed by atoms with Crippen molar-refractivity contribution in [2.24, 2.45) is 0 Å². The van der Waals surface area contributed by atoms with E-state index in [4.69, 9.17) is 4.74 Å². The Balaban J connectivity index is 0.00000164. The fourth-order valence-electron chi connectivity index (χ4n) is 4.26. The molecule has 2 aromatic carbocycles. The van der Waals surface area contributed by atoms with Crippen LogP contribution in [0.25, 0.3) is 22.0 Å². The summed E-state index contributed by atoms with van der Waals surface area (Å²) in [4.78, 5) is 13.4. The van der Waals surface area contributed by atoms with Gasteiger partial charge in [0.2, 0.25) is 5.88 Å².